The van der Waals surface area contributed by atoms with E-state index in [4.69, 9.17) is 9.47 Å². The highest BCUT2D eigenvalue weighted by Gasteiger charge is 2.07. The third-order valence-corrected chi connectivity index (χ3v) is 2.87. The van der Waals surface area contributed by atoms with E-state index in [1.165, 1.54) is 0 Å². The second-order valence-corrected chi connectivity index (χ2v) is 4.31. The molecule has 0 saturated carbocycles. The van der Waals surface area contributed by atoms with Crippen LogP contribution in [0.2, 0.25) is 0 Å². The van der Waals surface area contributed by atoms with Crippen LogP contribution in [-0.2, 0) is 12.8 Å². The highest BCUT2D eigenvalue weighted by Crippen LogP contribution is 2.28. The van der Waals surface area contributed by atoms with Gasteiger partial charge in [0.25, 0.3) is 0 Å². The van der Waals surface area contributed by atoms with E-state index in [0.29, 0.717) is 6.42 Å². The molecule has 0 unspecified atom stereocenters. The summed E-state index contributed by atoms with van der Waals surface area (Å²) in [6, 6.07) is 5.86. The Morgan fingerprint density at radius 1 is 1.16 bits per heavy atom. The number of aryl methyl sites for hydroxylation is 1. The first kappa shape index (κ1) is 13.4. The lowest BCUT2D eigenvalue weighted by Crippen LogP contribution is -1.95. The average Bonchev–Trinajstić information content (AvgIpc) is 2.86. The standard InChI is InChI=1S/C14H19N3O2/c1-4-5-13-15-14(17-16-13)9-10-6-7-11(18-2)12(8-10)19-3/h6-8H,4-5,9H2,1-3H3,(H,15,16,17). The third-order valence-electron chi connectivity index (χ3n) is 2.87. The molecule has 19 heavy (non-hydrogen) atoms. The van der Waals surface area contributed by atoms with Crippen molar-refractivity contribution >= 4 is 0 Å². The number of methoxy groups -OCH3 is 2. The van der Waals surface area contributed by atoms with Gasteiger partial charge in [-0.25, -0.2) is 4.98 Å². The molecule has 0 aliphatic heterocycles. The van der Waals surface area contributed by atoms with E-state index >= 15 is 0 Å². The SMILES string of the molecule is CCCc1n[nH]c(Cc2ccc(OC)c(OC)c2)n1. The molecule has 1 aromatic carbocycles. The van der Waals surface area contributed by atoms with E-state index in [1.54, 1.807) is 14.2 Å². The number of ether oxygens (including phenoxy) is 2. The molecule has 0 fully saturated rings. The molecule has 0 aliphatic carbocycles. The van der Waals surface area contributed by atoms with Crippen molar-refractivity contribution in [3.63, 3.8) is 0 Å². The van der Waals surface area contributed by atoms with Gasteiger partial charge in [0.05, 0.1) is 14.2 Å². The van der Waals surface area contributed by atoms with E-state index in [-0.39, 0.29) is 0 Å². The van der Waals surface area contributed by atoms with Crippen molar-refractivity contribution in [1.29, 1.82) is 0 Å². The first-order valence-corrected chi connectivity index (χ1v) is 6.37. The maximum absolute atomic E-state index is 5.29. The highest BCUT2D eigenvalue weighted by molar-refractivity contribution is 5.43. The number of H-pyrrole nitrogens is 1. The fraction of sp³-hybridized carbons (Fsp3) is 0.429. The van der Waals surface area contributed by atoms with Crippen molar-refractivity contribution in [2.45, 2.75) is 26.2 Å². The summed E-state index contributed by atoms with van der Waals surface area (Å²) in [4.78, 5) is 4.45. The maximum Gasteiger partial charge on any atom is 0.161 e. The van der Waals surface area contributed by atoms with Crippen molar-refractivity contribution in [2.75, 3.05) is 14.2 Å². The lowest BCUT2D eigenvalue weighted by Gasteiger charge is -2.08. The molecule has 0 aliphatic rings. The van der Waals surface area contributed by atoms with E-state index < -0.39 is 0 Å². The molecule has 0 atom stereocenters. The summed E-state index contributed by atoms with van der Waals surface area (Å²) in [6.45, 7) is 2.12. The van der Waals surface area contributed by atoms with Gasteiger partial charge in [-0.1, -0.05) is 13.0 Å². The Morgan fingerprint density at radius 2 is 1.95 bits per heavy atom. The monoisotopic (exact) mass is 261 g/mol. The van der Waals surface area contributed by atoms with Crippen LogP contribution in [0.5, 0.6) is 11.5 Å². The van der Waals surface area contributed by atoms with Crippen molar-refractivity contribution in [2.24, 2.45) is 0 Å². The number of nitrogens with one attached hydrogen (secondary N) is 1. The molecule has 2 rings (SSSR count). The predicted octanol–water partition coefficient (Wildman–Crippen LogP) is 2.37. The van der Waals surface area contributed by atoms with Gasteiger partial charge in [0.15, 0.2) is 17.3 Å². The summed E-state index contributed by atoms with van der Waals surface area (Å²) in [5.41, 5.74) is 1.11. The van der Waals surface area contributed by atoms with E-state index in [9.17, 15) is 0 Å². The van der Waals surface area contributed by atoms with Crippen LogP contribution < -0.4 is 9.47 Å². The van der Waals surface area contributed by atoms with Crippen molar-refractivity contribution in [1.82, 2.24) is 15.2 Å². The molecular weight excluding hydrogens is 242 g/mol. The lowest BCUT2D eigenvalue weighted by atomic mass is 10.1. The largest absolute Gasteiger partial charge is 0.493 e. The molecule has 5 heteroatoms. The van der Waals surface area contributed by atoms with E-state index in [2.05, 4.69) is 22.1 Å². The zero-order valence-electron chi connectivity index (χ0n) is 11.6. The molecule has 0 amide bonds. The molecule has 2 aromatic rings. The van der Waals surface area contributed by atoms with Gasteiger partial charge in [-0.2, -0.15) is 5.10 Å². The van der Waals surface area contributed by atoms with Crippen LogP contribution in [-0.4, -0.2) is 29.4 Å². The Balaban J connectivity index is 2.13. The average molecular weight is 261 g/mol. The number of nitrogens with zero attached hydrogens (tertiary/aromatic N) is 2. The third kappa shape index (κ3) is 3.24. The van der Waals surface area contributed by atoms with Gasteiger partial charge in [-0.15, -0.1) is 0 Å². The second-order valence-electron chi connectivity index (χ2n) is 4.31. The minimum absolute atomic E-state index is 0.705. The van der Waals surface area contributed by atoms with Crippen molar-refractivity contribution < 1.29 is 9.47 Å². The number of rotatable bonds is 6. The molecule has 102 valence electrons. The predicted molar refractivity (Wildman–Crippen MR) is 72.7 cm³/mol. The Morgan fingerprint density at radius 3 is 2.63 bits per heavy atom. The highest BCUT2D eigenvalue weighted by atomic mass is 16.5. The molecule has 1 heterocycles. The van der Waals surface area contributed by atoms with Crippen molar-refractivity contribution in [3.8, 4) is 11.5 Å². The summed E-state index contributed by atoms with van der Waals surface area (Å²) < 4.78 is 10.5. The summed E-state index contributed by atoms with van der Waals surface area (Å²) in [7, 11) is 3.26. The zero-order valence-corrected chi connectivity index (χ0v) is 11.6. The number of hydrogen-bond donors (Lipinski definition) is 1. The Bertz CT molecular complexity index is 537. The minimum Gasteiger partial charge on any atom is -0.493 e. The summed E-state index contributed by atoms with van der Waals surface area (Å²) >= 11 is 0. The van der Waals surface area contributed by atoms with Gasteiger partial charge in [0.2, 0.25) is 0 Å². The van der Waals surface area contributed by atoms with Gasteiger partial charge < -0.3 is 9.47 Å². The number of aromatic amines is 1. The Labute approximate surface area is 113 Å². The van der Waals surface area contributed by atoms with Crippen LogP contribution in [0, 0.1) is 0 Å². The maximum atomic E-state index is 5.29. The second kappa shape index (κ2) is 6.22. The topological polar surface area (TPSA) is 60.0 Å². The van der Waals surface area contributed by atoms with E-state index in [0.717, 1.165) is 41.6 Å². The first-order chi connectivity index (χ1) is 9.26. The fourth-order valence-electron chi connectivity index (χ4n) is 1.93. The van der Waals surface area contributed by atoms with Crippen LogP contribution in [0.15, 0.2) is 18.2 Å². The Hall–Kier alpha value is -2.04. The number of aromatic nitrogens is 3. The zero-order chi connectivity index (χ0) is 13.7. The first-order valence-electron chi connectivity index (χ1n) is 6.37. The van der Waals surface area contributed by atoms with Gasteiger partial charge in [-0.3, -0.25) is 5.10 Å². The molecule has 5 nitrogen and oxygen atoms in total. The quantitative estimate of drug-likeness (QED) is 0.867. The summed E-state index contributed by atoms with van der Waals surface area (Å²) in [5.74, 6) is 3.21. The van der Waals surface area contributed by atoms with Crippen LogP contribution in [0.3, 0.4) is 0 Å². The van der Waals surface area contributed by atoms with Crippen molar-refractivity contribution in [3.05, 3.63) is 35.4 Å². The molecule has 0 radical (unpaired) electrons. The van der Waals surface area contributed by atoms with Gasteiger partial charge >= 0.3 is 0 Å². The molecule has 0 bridgehead atoms. The van der Waals surface area contributed by atoms with Gasteiger partial charge in [0, 0.05) is 12.8 Å². The summed E-state index contributed by atoms with van der Waals surface area (Å²) in [6.07, 6.45) is 2.66. The molecule has 1 N–H and O–H groups in total. The lowest BCUT2D eigenvalue weighted by molar-refractivity contribution is 0.354. The van der Waals surface area contributed by atoms with Crippen LogP contribution >= 0.6 is 0 Å². The number of hydrogen-bond acceptors (Lipinski definition) is 4. The smallest absolute Gasteiger partial charge is 0.161 e. The fourth-order valence-corrected chi connectivity index (χ4v) is 1.93. The number of benzene rings is 1. The van der Waals surface area contributed by atoms with E-state index in [1.807, 2.05) is 18.2 Å². The van der Waals surface area contributed by atoms with Gasteiger partial charge in [-0.05, 0) is 24.1 Å². The Kier molecular flexibility index (Phi) is 4.39. The van der Waals surface area contributed by atoms with Gasteiger partial charge in [0.1, 0.15) is 5.82 Å². The van der Waals surface area contributed by atoms with Crippen LogP contribution in [0.1, 0.15) is 30.6 Å². The molecule has 0 spiro atoms. The molecule has 0 saturated heterocycles. The summed E-state index contributed by atoms with van der Waals surface area (Å²) in [5, 5.41) is 7.16. The van der Waals surface area contributed by atoms with Crippen LogP contribution in [0.4, 0.5) is 0 Å². The van der Waals surface area contributed by atoms with Crippen LogP contribution in [0.25, 0.3) is 0 Å². The normalized spacial score (nSPS) is 10.5. The minimum atomic E-state index is 0.705. The molecular formula is C14H19N3O2. The molecule has 1 aromatic heterocycles.